The number of fused-ring (bicyclic) bond motifs is 1. The number of amides is 1. The van der Waals surface area contributed by atoms with Crippen LogP contribution < -0.4 is 4.74 Å². The van der Waals surface area contributed by atoms with Gasteiger partial charge in [-0.15, -0.1) is 13.2 Å². The summed E-state index contributed by atoms with van der Waals surface area (Å²) >= 11 is 6.15. The van der Waals surface area contributed by atoms with Crippen molar-refractivity contribution in [3.05, 3.63) is 58.9 Å². The van der Waals surface area contributed by atoms with Crippen LogP contribution in [0.2, 0.25) is 5.02 Å². The van der Waals surface area contributed by atoms with Gasteiger partial charge in [-0.25, -0.2) is 0 Å². The second-order valence-electron chi connectivity index (χ2n) is 7.56. The molecule has 0 radical (unpaired) electrons. The third-order valence-electron chi connectivity index (χ3n) is 5.75. The van der Waals surface area contributed by atoms with Crippen molar-refractivity contribution in [3.8, 4) is 5.75 Å². The Hall–Kier alpha value is -2.32. The van der Waals surface area contributed by atoms with Crippen LogP contribution in [0, 0.1) is 5.92 Å². The number of benzene rings is 1. The van der Waals surface area contributed by atoms with Crippen LogP contribution in [0.25, 0.3) is 0 Å². The van der Waals surface area contributed by atoms with E-state index in [1.165, 1.54) is 12.1 Å². The largest absolute Gasteiger partial charge is 0.522 e. The maximum Gasteiger partial charge on any atom is 0.522 e. The number of nitrogens with zero attached hydrogens (tertiary/aromatic N) is 2. The molecule has 1 aliphatic carbocycles. The number of pyridine rings is 1. The summed E-state index contributed by atoms with van der Waals surface area (Å²) in [6, 6.07) is 10.5. The molecule has 2 aliphatic rings. The van der Waals surface area contributed by atoms with E-state index in [2.05, 4.69) is 15.8 Å². The average Bonchev–Trinajstić information content (AvgIpc) is 3.46. The maximum atomic E-state index is 12.9. The van der Waals surface area contributed by atoms with Gasteiger partial charge in [-0.2, -0.15) is 0 Å². The molecule has 1 saturated carbocycles. The fourth-order valence-electron chi connectivity index (χ4n) is 4.14. The van der Waals surface area contributed by atoms with E-state index in [0.717, 1.165) is 18.5 Å². The van der Waals surface area contributed by atoms with Gasteiger partial charge in [0.1, 0.15) is 12.4 Å². The van der Waals surface area contributed by atoms with Crippen LogP contribution in [0.4, 0.5) is 13.2 Å². The Balaban J connectivity index is 1.34. The van der Waals surface area contributed by atoms with Gasteiger partial charge in [0.25, 0.3) is 5.91 Å². The van der Waals surface area contributed by atoms with Gasteiger partial charge in [0.15, 0.2) is 0 Å². The summed E-state index contributed by atoms with van der Waals surface area (Å²) in [5, 5.41) is 0.166. The number of alkyl halides is 3. The minimum absolute atomic E-state index is 0.0892. The van der Waals surface area contributed by atoms with E-state index >= 15 is 0 Å². The third-order valence-corrected chi connectivity index (χ3v) is 6.04. The SMILES string of the molecule is O=C(c1ccc(OCCOC(F)(F)F)c(Cl)c1)N1CC[C@]2(c3ccccn3)C[C@@H]2C1. The molecule has 2 fully saturated rings. The van der Waals surface area contributed by atoms with Crippen LogP contribution in [0.1, 0.15) is 28.9 Å². The van der Waals surface area contributed by atoms with Gasteiger partial charge in [0.05, 0.1) is 11.6 Å². The summed E-state index contributed by atoms with van der Waals surface area (Å²) in [7, 11) is 0. The van der Waals surface area contributed by atoms with Gasteiger partial charge in [-0.1, -0.05) is 17.7 Å². The molecule has 1 aliphatic heterocycles. The first-order chi connectivity index (χ1) is 14.3. The molecule has 0 spiro atoms. The summed E-state index contributed by atoms with van der Waals surface area (Å²) in [4.78, 5) is 19.2. The number of ether oxygens (including phenoxy) is 2. The molecule has 160 valence electrons. The van der Waals surface area contributed by atoms with Gasteiger partial charge < -0.3 is 9.64 Å². The van der Waals surface area contributed by atoms with E-state index in [0.29, 0.717) is 24.6 Å². The summed E-state index contributed by atoms with van der Waals surface area (Å²) in [5.41, 5.74) is 1.61. The summed E-state index contributed by atoms with van der Waals surface area (Å²) in [5.74, 6) is 0.483. The van der Waals surface area contributed by atoms with E-state index in [1.54, 1.807) is 12.3 Å². The molecule has 1 saturated heterocycles. The Morgan fingerprint density at radius 2 is 2.10 bits per heavy atom. The standard InChI is InChI=1S/C21H20ClF3N2O3/c22-16-11-14(4-5-17(16)29-9-10-30-21(23,24)25)19(28)27-8-6-20(12-15(20)13-27)18-3-1-2-7-26-18/h1-5,7,11,15H,6,8-10,12-13H2/t15-,20+/m1/s1. The van der Waals surface area contributed by atoms with Crippen molar-refractivity contribution >= 4 is 17.5 Å². The lowest BCUT2D eigenvalue weighted by molar-refractivity contribution is -0.325. The molecule has 2 atom stereocenters. The lowest BCUT2D eigenvalue weighted by Gasteiger charge is -2.31. The van der Waals surface area contributed by atoms with Crippen molar-refractivity contribution in [2.45, 2.75) is 24.6 Å². The number of carbonyl (C=O) groups is 1. The first-order valence-electron chi connectivity index (χ1n) is 9.62. The van der Waals surface area contributed by atoms with E-state index in [1.807, 2.05) is 17.0 Å². The molecule has 9 heteroatoms. The fourth-order valence-corrected chi connectivity index (χ4v) is 4.38. The summed E-state index contributed by atoms with van der Waals surface area (Å²) < 4.78 is 44.8. The molecule has 2 heterocycles. The first kappa shape index (κ1) is 20.9. The highest BCUT2D eigenvalue weighted by atomic mass is 35.5. The van der Waals surface area contributed by atoms with Crippen molar-refractivity contribution in [1.29, 1.82) is 0 Å². The predicted molar refractivity (Wildman–Crippen MR) is 103 cm³/mol. The van der Waals surface area contributed by atoms with Crippen LogP contribution >= 0.6 is 11.6 Å². The highest BCUT2D eigenvalue weighted by Crippen LogP contribution is 2.58. The lowest BCUT2D eigenvalue weighted by Crippen LogP contribution is -2.40. The number of hydrogen-bond donors (Lipinski definition) is 0. The average molecular weight is 441 g/mol. The summed E-state index contributed by atoms with van der Waals surface area (Å²) in [6.07, 6.45) is -0.999. The Bertz CT molecular complexity index is 925. The minimum Gasteiger partial charge on any atom is -0.490 e. The Labute approximate surface area is 176 Å². The van der Waals surface area contributed by atoms with Crippen LogP contribution in [-0.2, 0) is 10.2 Å². The lowest BCUT2D eigenvalue weighted by atomic mass is 9.91. The molecular weight excluding hydrogens is 421 g/mol. The number of aromatic nitrogens is 1. The molecule has 30 heavy (non-hydrogen) atoms. The molecule has 0 bridgehead atoms. The van der Waals surface area contributed by atoms with Gasteiger partial charge in [-0.3, -0.25) is 14.5 Å². The highest BCUT2D eigenvalue weighted by molar-refractivity contribution is 6.32. The zero-order valence-electron chi connectivity index (χ0n) is 16.0. The Morgan fingerprint density at radius 3 is 2.77 bits per heavy atom. The number of carbonyl (C=O) groups excluding carboxylic acids is 1. The van der Waals surface area contributed by atoms with Crippen LogP contribution in [0.15, 0.2) is 42.6 Å². The highest BCUT2D eigenvalue weighted by Gasteiger charge is 2.58. The van der Waals surface area contributed by atoms with E-state index in [-0.39, 0.29) is 28.7 Å². The monoisotopic (exact) mass is 440 g/mol. The van der Waals surface area contributed by atoms with E-state index in [4.69, 9.17) is 16.3 Å². The molecule has 0 unspecified atom stereocenters. The second-order valence-corrected chi connectivity index (χ2v) is 7.97. The second kappa shape index (κ2) is 8.07. The fraction of sp³-hybridized carbons (Fsp3) is 0.429. The smallest absolute Gasteiger partial charge is 0.490 e. The number of halogens is 4. The normalized spacial score (nSPS) is 23.1. The molecule has 0 N–H and O–H groups in total. The van der Waals surface area contributed by atoms with Crippen LogP contribution in [-0.4, -0.2) is 48.5 Å². The predicted octanol–water partition coefficient (Wildman–Crippen LogP) is 4.45. The van der Waals surface area contributed by atoms with Gasteiger partial charge in [0.2, 0.25) is 0 Å². The molecule has 2 aromatic rings. The molecule has 1 amide bonds. The van der Waals surface area contributed by atoms with E-state index < -0.39 is 13.0 Å². The number of rotatable bonds is 6. The molecule has 4 rings (SSSR count). The Kier molecular flexibility index (Phi) is 5.63. The van der Waals surface area contributed by atoms with Crippen molar-refractivity contribution in [2.75, 3.05) is 26.3 Å². The number of piperidine rings is 1. The van der Waals surface area contributed by atoms with Gasteiger partial charge in [-0.05, 0) is 49.1 Å². The van der Waals surface area contributed by atoms with E-state index in [9.17, 15) is 18.0 Å². The summed E-state index contributed by atoms with van der Waals surface area (Å²) in [6.45, 7) is 0.347. The molecular formula is C21H20ClF3N2O3. The number of hydrogen-bond acceptors (Lipinski definition) is 4. The zero-order chi connectivity index (χ0) is 21.4. The quantitative estimate of drug-likeness (QED) is 0.623. The first-order valence-corrected chi connectivity index (χ1v) is 10.0. The van der Waals surface area contributed by atoms with Crippen molar-refractivity contribution in [3.63, 3.8) is 0 Å². The maximum absolute atomic E-state index is 12.9. The Morgan fingerprint density at radius 1 is 1.27 bits per heavy atom. The van der Waals surface area contributed by atoms with Crippen molar-refractivity contribution < 1.29 is 27.4 Å². The topological polar surface area (TPSA) is 51.7 Å². The van der Waals surface area contributed by atoms with Gasteiger partial charge in [0, 0.05) is 36.0 Å². The molecule has 5 nitrogen and oxygen atoms in total. The molecule has 1 aromatic heterocycles. The molecule has 1 aromatic carbocycles. The van der Waals surface area contributed by atoms with Crippen LogP contribution in [0.3, 0.4) is 0 Å². The minimum atomic E-state index is -4.70. The zero-order valence-corrected chi connectivity index (χ0v) is 16.7. The number of likely N-dealkylation sites (tertiary alicyclic amines) is 1. The van der Waals surface area contributed by atoms with Crippen LogP contribution in [0.5, 0.6) is 5.75 Å². The van der Waals surface area contributed by atoms with Crippen molar-refractivity contribution in [2.24, 2.45) is 5.92 Å². The third kappa shape index (κ3) is 4.39. The van der Waals surface area contributed by atoms with Crippen molar-refractivity contribution in [1.82, 2.24) is 9.88 Å². The van der Waals surface area contributed by atoms with Gasteiger partial charge >= 0.3 is 6.36 Å².